The lowest BCUT2D eigenvalue weighted by Crippen LogP contribution is -2.16. The fourth-order valence-electron chi connectivity index (χ4n) is 3.95. The van der Waals surface area contributed by atoms with Crippen molar-refractivity contribution in [1.29, 1.82) is 0 Å². The Bertz CT molecular complexity index is 1330. The average Bonchev–Trinajstić information content (AvgIpc) is 3.15. The Morgan fingerprint density at radius 3 is 2.38 bits per heavy atom. The number of carbonyl (C=O) groups is 2. The summed E-state index contributed by atoms with van der Waals surface area (Å²) in [5, 5.41) is 3.34. The molecule has 3 aromatic rings. The van der Waals surface area contributed by atoms with E-state index < -0.39 is 16.0 Å². The van der Waals surface area contributed by atoms with Crippen molar-refractivity contribution in [2.24, 2.45) is 5.92 Å². The number of anilines is 2. The van der Waals surface area contributed by atoms with Gasteiger partial charge in [0.25, 0.3) is 15.9 Å². The Morgan fingerprint density at radius 2 is 1.74 bits per heavy atom. The smallest absolute Gasteiger partial charge is 0.341 e. The first-order chi connectivity index (χ1) is 16.2. The van der Waals surface area contributed by atoms with Crippen molar-refractivity contribution in [2.75, 3.05) is 17.1 Å². The van der Waals surface area contributed by atoms with Crippen molar-refractivity contribution in [3.05, 3.63) is 75.7 Å². The van der Waals surface area contributed by atoms with Gasteiger partial charge in [0.1, 0.15) is 5.00 Å². The van der Waals surface area contributed by atoms with Gasteiger partial charge in [-0.3, -0.25) is 9.52 Å². The highest BCUT2D eigenvalue weighted by molar-refractivity contribution is 7.92. The molecular weight excluding hydrogens is 472 g/mol. The third-order valence-electron chi connectivity index (χ3n) is 5.86. The van der Waals surface area contributed by atoms with Gasteiger partial charge in [-0.15, -0.1) is 11.3 Å². The number of rotatable bonds is 6. The predicted molar refractivity (Wildman–Crippen MR) is 133 cm³/mol. The van der Waals surface area contributed by atoms with E-state index in [4.69, 9.17) is 4.74 Å². The van der Waals surface area contributed by atoms with Crippen molar-refractivity contribution in [3.8, 4) is 0 Å². The summed E-state index contributed by atoms with van der Waals surface area (Å²) >= 11 is 1.42. The molecule has 4 rings (SSSR count). The largest absolute Gasteiger partial charge is 0.465 e. The summed E-state index contributed by atoms with van der Waals surface area (Å²) in [6.45, 7) is 4.06. The number of amides is 1. The van der Waals surface area contributed by atoms with Crippen LogP contribution < -0.4 is 10.0 Å². The zero-order valence-electron chi connectivity index (χ0n) is 19.2. The molecule has 7 nitrogen and oxygen atoms in total. The van der Waals surface area contributed by atoms with Crippen LogP contribution in [0.3, 0.4) is 0 Å². The summed E-state index contributed by atoms with van der Waals surface area (Å²) in [5.74, 6) is -0.315. The molecule has 2 N–H and O–H groups in total. The molecule has 0 saturated heterocycles. The molecule has 0 radical (unpaired) electrons. The highest BCUT2D eigenvalue weighted by atomic mass is 32.2. The van der Waals surface area contributed by atoms with Gasteiger partial charge >= 0.3 is 5.97 Å². The number of esters is 1. The molecule has 1 heterocycles. The summed E-state index contributed by atoms with van der Waals surface area (Å²) in [6.07, 6.45) is 2.64. The molecule has 9 heteroatoms. The topological polar surface area (TPSA) is 102 Å². The van der Waals surface area contributed by atoms with Gasteiger partial charge in [-0.05, 0) is 74.1 Å². The lowest BCUT2D eigenvalue weighted by molar-refractivity contribution is 0.0601. The minimum Gasteiger partial charge on any atom is -0.465 e. The number of thiophene rings is 1. The Kier molecular flexibility index (Phi) is 6.77. The van der Waals surface area contributed by atoms with Crippen LogP contribution in [-0.4, -0.2) is 27.4 Å². The van der Waals surface area contributed by atoms with Crippen LogP contribution in [0.5, 0.6) is 0 Å². The minimum atomic E-state index is -3.74. The summed E-state index contributed by atoms with van der Waals surface area (Å²) in [4.78, 5) is 26.6. The number of nitrogens with one attached hydrogen (secondary N) is 2. The standard InChI is InChI=1S/C25H26N2O5S2/c1-15-4-11-19(12-5-15)34(30,31)27-18-9-7-17(8-10-18)23(28)26-24-22(25(29)32-3)20-13-6-16(2)14-21(20)33-24/h4-5,7-12,16,27H,6,13-14H2,1-3H3,(H,26,28). The number of hydrogen-bond donors (Lipinski definition) is 2. The molecule has 1 amide bonds. The van der Waals surface area contributed by atoms with Crippen molar-refractivity contribution in [3.63, 3.8) is 0 Å². The molecule has 34 heavy (non-hydrogen) atoms. The van der Waals surface area contributed by atoms with Crippen LogP contribution in [0.25, 0.3) is 0 Å². The molecule has 1 aliphatic rings. The van der Waals surface area contributed by atoms with E-state index in [1.54, 1.807) is 24.3 Å². The van der Waals surface area contributed by atoms with Crippen molar-refractivity contribution in [2.45, 2.75) is 38.0 Å². The summed E-state index contributed by atoms with van der Waals surface area (Å²) in [7, 11) is -2.40. The van der Waals surface area contributed by atoms with E-state index in [2.05, 4.69) is 17.0 Å². The molecule has 1 aromatic heterocycles. The molecule has 1 unspecified atom stereocenters. The van der Waals surface area contributed by atoms with Crippen LogP contribution >= 0.6 is 11.3 Å². The lowest BCUT2D eigenvalue weighted by Gasteiger charge is -2.18. The second-order valence-electron chi connectivity index (χ2n) is 8.50. The van der Waals surface area contributed by atoms with E-state index in [1.165, 1.54) is 42.7 Å². The molecule has 178 valence electrons. The minimum absolute atomic E-state index is 0.159. The molecule has 0 spiro atoms. The Hall–Kier alpha value is -3.17. The number of methoxy groups -OCH3 is 1. The second kappa shape index (κ2) is 9.60. The quantitative estimate of drug-likeness (QED) is 0.465. The summed E-state index contributed by atoms with van der Waals surface area (Å²) < 4.78 is 32.7. The number of sulfonamides is 1. The zero-order chi connectivity index (χ0) is 24.5. The van der Waals surface area contributed by atoms with Crippen LogP contribution in [0.2, 0.25) is 0 Å². The van der Waals surface area contributed by atoms with Gasteiger partial charge in [0.2, 0.25) is 0 Å². The van der Waals surface area contributed by atoms with Gasteiger partial charge in [-0.25, -0.2) is 13.2 Å². The van der Waals surface area contributed by atoms with E-state index >= 15 is 0 Å². The first-order valence-corrected chi connectivity index (χ1v) is 13.2. The molecule has 0 saturated carbocycles. The first kappa shape index (κ1) is 24.0. The Balaban J connectivity index is 1.52. The number of hydrogen-bond acceptors (Lipinski definition) is 6. The van der Waals surface area contributed by atoms with Gasteiger partial charge in [0.05, 0.1) is 17.6 Å². The lowest BCUT2D eigenvalue weighted by atomic mass is 9.88. The molecule has 0 fully saturated rings. The third kappa shape index (κ3) is 5.00. The first-order valence-electron chi connectivity index (χ1n) is 10.9. The number of aryl methyl sites for hydroxylation is 1. The Labute approximate surface area is 203 Å². The van der Waals surface area contributed by atoms with E-state index in [0.29, 0.717) is 27.7 Å². The van der Waals surface area contributed by atoms with Gasteiger partial charge in [0, 0.05) is 16.1 Å². The third-order valence-corrected chi connectivity index (χ3v) is 8.43. The van der Waals surface area contributed by atoms with E-state index in [0.717, 1.165) is 35.3 Å². The summed E-state index contributed by atoms with van der Waals surface area (Å²) in [6, 6.07) is 12.7. The number of ether oxygens (including phenoxy) is 1. The number of benzene rings is 2. The maximum atomic E-state index is 12.9. The fourth-order valence-corrected chi connectivity index (χ4v) is 6.41. The maximum Gasteiger partial charge on any atom is 0.341 e. The fraction of sp³-hybridized carbons (Fsp3) is 0.280. The molecule has 0 bridgehead atoms. The van der Waals surface area contributed by atoms with Crippen LogP contribution in [0.4, 0.5) is 10.7 Å². The van der Waals surface area contributed by atoms with Crippen LogP contribution in [0, 0.1) is 12.8 Å². The van der Waals surface area contributed by atoms with Gasteiger partial charge in [-0.1, -0.05) is 24.6 Å². The van der Waals surface area contributed by atoms with Gasteiger partial charge in [0.15, 0.2) is 0 Å². The molecule has 1 atom stereocenters. The Morgan fingerprint density at radius 1 is 1.06 bits per heavy atom. The monoisotopic (exact) mass is 498 g/mol. The van der Waals surface area contributed by atoms with Gasteiger partial charge in [-0.2, -0.15) is 0 Å². The highest BCUT2D eigenvalue weighted by Crippen LogP contribution is 2.40. The van der Waals surface area contributed by atoms with Crippen molar-refractivity contribution >= 4 is 43.9 Å². The molecule has 0 aliphatic heterocycles. The van der Waals surface area contributed by atoms with Gasteiger partial charge < -0.3 is 10.1 Å². The van der Waals surface area contributed by atoms with Crippen molar-refractivity contribution in [1.82, 2.24) is 0 Å². The molecule has 1 aliphatic carbocycles. The van der Waals surface area contributed by atoms with E-state index in [9.17, 15) is 18.0 Å². The van der Waals surface area contributed by atoms with E-state index in [1.807, 2.05) is 6.92 Å². The predicted octanol–water partition coefficient (Wildman–Crippen LogP) is 5.02. The van der Waals surface area contributed by atoms with Crippen molar-refractivity contribution < 1.29 is 22.7 Å². The van der Waals surface area contributed by atoms with Crippen LogP contribution in [0.15, 0.2) is 53.4 Å². The number of carbonyl (C=O) groups excluding carboxylic acids is 2. The van der Waals surface area contributed by atoms with Crippen LogP contribution in [0.1, 0.15) is 50.1 Å². The zero-order valence-corrected chi connectivity index (χ0v) is 20.8. The average molecular weight is 499 g/mol. The molecule has 2 aromatic carbocycles. The second-order valence-corrected chi connectivity index (χ2v) is 11.3. The number of fused-ring (bicyclic) bond motifs is 1. The highest BCUT2D eigenvalue weighted by Gasteiger charge is 2.29. The summed E-state index contributed by atoms with van der Waals surface area (Å²) in [5.41, 5.74) is 3.05. The van der Waals surface area contributed by atoms with Crippen LogP contribution in [-0.2, 0) is 27.6 Å². The molecular formula is C25H26N2O5S2. The SMILES string of the molecule is COC(=O)c1c(NC(=O)c2ccc(NS(=O)(=O)c3ccc(C)cc3)cc2)sc2c1CCC(C)C2. The normalized spacial score (nSPS) is 15.3. The maximum absolute atomic E-state index is 12.9. The van der Waals surface area contributed by atoms with E-state index in [-0.39, 0.29) is 10.8 Å².